The van der Waals surface area contributed by atoms with Crippen LogP contribution in [-0.4, -0.2) is 15.6 Å². The molecule has 18 heavy (non-hydrogen) atoms. The molecule has 0 saturated carbocycles. The summed E-state index contributed by atoms with van der Waals surface area (Å²) >= 11 is 11.5. The maximum absolute atomic E-state index is 14.2. The van der Waals surface area contributed by atoms with Crippen molar-refractivity contribution in [2.45, 2.75) is 19.9 Å². The second kappa shape index (κ2) is 5.77. The molecule has 0 radical (unpaired) electrons. The van der Waals surface area contributed by atoms with Crippen molar-refractivity contribution in [1.82, 2.24) is 9.55 Å². The molecule has 0 aliphatic rings. The fraction of sp³-hybridized carbons (Fsp3) is 0.300. The highest BCUT2D eigenvalue weighted by Crippen LogP contribution is 2.40. The van der Waals surface area contributed by atoms with Gasteiger partial charge in [-0.25, -0.2) is 8.84 Å². The Hall–Kier alpha value is 0.350. The molecule has 2 rings (SSSR count). The van der Waals surface area contributed by atoms with Gasteiger partial charge in [-0.1, -0.05) is 11.6 Å². The molecular weight excluding hydrogens is 454 g/mol. The molecule has 0 saturated heterocycles. The second-order valence-corrected chi connectivity index (χ2v) is 7.28. The molecule has 98 valence electrons. The third kappa shape index (κ3) is 2.62. The van der Waals surface area contributed by atoms with E-state index < -0.39 is 5.82 Å². The molecule has 0 aliphatic carbocycles. The predicted octanol–water partition coefficient (Wildman–Crippen LogP) is 5.20. The Kier molecular flexibility index (Phi) is 4.73. The number of fused-ring (bicyclic) bond motifs is 1. The van der Waals surface area contributed by atoms with E-state index >= 15 is 0 Å². The second-order valence-electron chi connectivity index (χ2n) is 4.04. The summed E-state index contributed by atoms with van der Waals surface area (Å²) in [4.78, 5) is 0. The summed E-state index contributed by atoms with van der Waals surface area (Å²) in [5.41, 5.74) is 0.961. The van der Waals surface area contributed by atoms with Crippen LogP contribution >= 0.6 is 55.9 Å². The summed E-state index contributed by atoms with van der Waals surface area (Å²) in [5, 5.41) is 8.34. The van der Waals surface area contributed by atoms with Crippen molar-refractivity contribution in [1.29, 1.82) is 0 Å². The van der Waals surface area contributed by atoms with E-state index in [1.165, 1.54) is 0 Å². The van der Waals surface area contributed by atoms with Gasteiger partial charge in [-0.3, -0.25) is 0 Å². The standard InChI is InChI=1S/C10H10BrClFIN3P/c1-4(2)15-10-8(13)7(12)6(11)5-3-17(18-14)16-9(5)10/h3-4,15,18H,1-2H3. The zero-order valence-electron chi connectivity index (χ0n) is 9.56. The van der Waals surface area contributed by atoms with Crippen molar-refractivity contribution in [2.75, 3.05) is 5.32 Å². The van der Waals surface area contributed by atoms with Crippen LogP contribution in [0, 0.1) is 5.82 Å². The van der Waals surface area contributed by atoms with Crippen molar-refractivity contribution in [2.24, 2.45) is 0 Å². The summed E-state index contributed by atoms with van der Waals surface area (Å²) in [5.74, 6) is -0.466. The fourth-order valence-corrected chi connectivity index (χ4v) is 3.33. The van der Waals surface area contributed by atoms with E-state index in [0.29, 0.717) is 22.1 Å². The minimum atomic E-state index is -0.466. The zero-order chi connectivity index (χ0) is 13.4. The van der Waals surface area contributed by atoms with Gasteiger partial charge < -0.3 is 5.32 Å². The Balaban J connectivity index is 2.77. The number of aromatic nitrogens is 2. The summed E-state index contributed by atoms with van der Waals surface area (Å²) < 4.78 is 16.5. The van der Waals surface area contributed by atoms with E-state index in [2.05, 4.69) is 48.4 Å². The fourth-order valence-electron chi connectivity index (χ4n) is 1.61. The van der Waals surface area contributed by atoms with Gasteiger partial charge in [0.05, 0.1) is 15.9 Å². The van der Waals surface area contributed by atoms with E-state index in [4.69, 9.17) is 11.6 Å². The van der Waals surface area contributed by atoms with Gasteiger partial charge >= 0.3 is 0 Å². The molecule has 8 heteroatoms. The molecule has 3 nitrogen and oxygen atoms in total. The molecule has 1 aromatic heterocycles. The molecule has 0 fully saturated rings. The number of benzene rings is 1. The maximum atomic E-state index is 14.2. The average molecular weight is 464 g/mol. The van der Waals surface area contributed by atoms with Crippen LogP contribution in [0.3, 0.4) is 0 Å². The van der Waals surface area contributed by atoms with Gasteiger partial charge in [-0.05, 0) is 51.8 Å². The van der Waals surface area contributed by atoms with Crippen molar-refractivity contribution < 1.29 is 4.39 Å². The number of hydrogen-bond acceptors (Lipinski definition) is 2. The Morgan fingerprint density at radius 1 is 1.61 bits per heavy atom. The Bertz CT molecular complexity index is 605. The lowest BCUT2D eigenvalue weighted by molar-refractivity contribution is 0.629. The minimum absolute atomic E-state index is 0.0852. The maximum Gasteiger partial charge on any atom is 0.168 e. The normalized spacial score (nSPS) is 12.2. The molecule has 1 unspecified atom stereocenters. The lowest BCUT2D eigenvalue weighted by atomic mass is 10.2. The molecule has 0 amide bonds. The molecule has 0 spiro atoms. The van der Waals surface area contributed by atoms with Crippen LogP contribution in [0.25, 0.3) is 10.9 Å². The van der Waals surface area contributed by atoms with Gasteiger partial charge in [-0.15, -0.1) is 0 Å². The minimum Gasteiger partial charge on any atom is -0.379 e. The highest BCUT2D eigenvalue weighted by atomic mass is 127. The number of rotatable bonds is 3. The molecule has 1 aromatic carbocycles. The first-order valence-electron chi connectivity index (χ1n) is 5.14. The number of hydrogen-bond donors (Lipinski definition) is 1. The Morgan fingerprint density at radius 3 is 2.83 bits per heavy atom. The first-order valence-corrected chi connectivity index (χ1v) is 10.4. The Labute approximate surface area is 132 Å². The lowest BCUT2D eigenvalue weighted by Crippen LogP contribution is -2.12. The van der Waals surface area contributed by atoms with Gasteiger partial charge in [0, 0.05) is 17.6 Å². The van der Waals surface area contributed by atoms with Crippen LogP contribution < -0.4 is 5.32 Å². The van der Waals surface area contributed by atoms with Crippen LogP contribution in [0.5, 0.6) is 0 Å². The topological polar surface area (TPSA) is 29.9 Å². The molecule has 1 atom stereocenters. The largest absolute Gasteiger partial charge is 0.379 e. The van der Waals surface area contributed by atoms with Crippen LogP contribution in [0.2, 0.25) is 5.02 Å². The number of anilines is 1. The van der Waals surface area contributed by atoms with Gasteiger partial charge in [0.1, 0.15) is 11.2 Å². The van der Waals surface area contributed by atoms with Gasteiger partial charge in [-0.2, -0.15) is 5.10 Å². The smallest absolute Gasteiger partial charge is 0.168 e. The summed E-state index contributed by atoms with van der Waals surface area (Å²) in [7, 11) is 0. The van der Waals surface area contributed by atoms with E-state index in [1.807, 2.05) is 20.0 Å². The van der Waals surface area contributed by atoms with Gasteiger partial charge in [0.25, 0.3) is 0 Å². The average Bonchev–Trinajstić information content (AvgIpc) is 2.75. The van der Waals surface area contributed by atoms with Crippen LogP contribution in [0.15, 0.2) is 10.7 Å². The molecule has 1 N–H and O–H groups in total. The molecule has 0 bridgehead atoms. The van der Waals surface area contributed by atoms with E-state index in [0.717, 1.165) is 5.39 Å². The third-order valence-corrected chi connectivity index (χ3v) is 5.60. The van der Waals surface area contributed by atoms with E-state index in [9.17, 15) is 4.39 Å². The predicted molar refractivity (Wildman–Crippen MR) is 88.9 cm³/mol. The molecule has 0 aliphatic heterocycles. The van der Waals surface area contributed by atoms with Crippen molar-refractivity contribution >= 4 is 72.5 Å². The van der Waals surface area contributed by atoms with Crippen LogP contribution in [-0.2, 0) is 0 Å². The van der Waals surface area contributed by atoms with Crippen LogP contribution in [0.4, 0.5) is 10.1 Å². The number of nitrogens with zero attached hydrogens (tertiary/aromatic N) is 2. The van der Waals surface area contributed by atoms with Crippen molar-refractivity contribution in [3.63, 3.8) is 0 Å². The first-order chi connectivity index (χ1) is 8.45. The Morgan fingerprint density at radius 2 is 2.28 bits per heavy atom. The SMILES string of the molecule is CC(C)Nc1c(F)c(Cl)c(Br)c2cn(PI)nc12. The third-order valence-electron chi connectivity index (χ3n) is 2.31. The highest BCUT2D eigenvalue weighted by molar-refractivity contribution is 14.2. The van der Waals surface area contributed by atoms with Crippen molar-refractivity contribution in [3.8, 4) is 0 Å². The quantitative estimate of drug-likeness (QED) is 0.384. The monoisotopic (exact) mass is 463 g/mol. The van der Waals surface area contributed by atoms with E-state index in [-0.39, 0.29) is 11.1 Å². The van der Waals surface area contributed by atoms with Crippen LogP contribution in [0.1, 0.15) is 13.8 Å². The van der Waals surface area contributed by atoms with Gasteiger partial charge in [0.15, 0.2) is 5.82 Å². The molecule has 2 aromatic rings. The molecular formula is C10H10BrClFIN3P. The van der Waals surface area contributed by atoms with Crippen molar-refractivity contribution in [3.05, 3.63) is 21.5 Å². The zero-order valence-corrected chi connectivity index (χ0v) is 15.1. The summed E-state index contributed by atoms with van der Waals surface area (Å²) in [6, 6.07) is 0.104. The number of nitrogens with one attached hydrogen (secondary N) is 1. The summed E-state index contributed by atoms with van der Waals surface area (Å²) in [6.07, 6.45) is 2.32. The molecule has 1 heterocycles. The van der Waals surface area contributed by atoms with E-state index in [1.54, 1.807) is 4.45 Å². The number of halogens is 4. The van der Waals surface area contributed by atoms with Gasteiger partial charge in [0.2, 0.25) is 0 Å². The summed E-state index contributed by atoms with van der Waals surface area (Å²) in [6.45, 7) is 3.89. The highest BCUT2D eigenvalue weighted by Gasteiger charge is 2.20. The first kappa shape index (κ1) is 14.8. The lowest BCUT2D eigenvalue weighted by Gasteiger charge is -2.13.